The molecule has 1 saturated heterocycles. The van der Waals surface area contributed by atoms with Crippen LogP contribution in [0.5, 0.6) is 0 Å². The summed E-state index contributed by atoms with van der Waals surface area (Å²) in [5.74, 6) is -0.162. The molecule has 0 aromatic heterocycles. The Morgan fingerprint density at radius 2 is 1.85 bits per heavy atom. The minimum atomic E-state index is -0.229. The average molecular weight is 279 g/mol. The van der Waals surface area contributed by atoms with Gasteiger partial charge in [-0.15, -0.1) is 0 Å². The van der Waals surface area contributed by atoms with E-state index in [2.05, 4.69) is 22.2 Å². The van der Waals surface area contributed by atoms with Crippen molar-refractivity contribution >= 4 is 5.91 Å². The number of piperazine rings is 1. The van der Waals surface area contributed by atoms with E-state index in [1.807, 2.05) is 0 Å². The Balaban J connectivity index is 1.64. The molecule has 1 N–H and O–H groups in total. The van der Waals surface area contributed by atoms with Crippen LogP contribution >= 0.6 is 0 Å². The molecule has 0 aliphatic carbocycles. The number of halogens is 1. The maximum Gasteiger partial charge on any atom is 0.234 e. The van der Waals surface area contributed by atoms with Crippen molar-refractivity contribution in [1.29, 1.82) is 0 Å². The van der Waals surface area contributed by atoms with Crippen LogP contribution in [0.3, 0.4) is 0 Å². The molecule has 1 aromatic carbocycles. The summed E-state index contributed by atoms with van der Waals surface area (Å²) in [4.78, 5) is 16.3. The molecule has 0 unspecified atom stereocenters. The number of nitrogens with one attached hydrogen (secondary N) is 1. The molecule has 5 heteroatoms. The molecule has 4 nitrogen and oxygen atoms in total. The van der Waals surface area contributed by atoms with Crippen LogP contribution in [0.4, 0.5) is 4.39 Å². The lowest BCUT2D eigenvalue weighted by Gasteiger charge is -2.31. The van der Waals surface area contributed by atoms with E-state index in [-0.39, 0.29) is 11.7 Å². The molecule has 0 radical (unpaired) electrons. The van der Waals surface area contributed by atoms with Gasteiger partial charge in [0.25, 0.3) is 0 Å². The molecule has 110 valence electrons. The van der Waals surface area contributed by atoms with Crippen molar-refractivity contribution in [3.8, 4) is 0 Å². The van der Waals surface area contributed by atoms with E-state index >= 15 is 0 Å². The second-order valence-electron chi connectivity index (χ2n) is 5.31. The number of carbonyl (C=O) groups excluding carboxylic acids is 1. The fraction of sp³-hybridized carbons (Fsp3) is 0.533. The molecule has 20 heavy (non-hydrogen) atoms. The van der Waals surface area contributed by atoms with Crippen LogP contribution in [0.25, 0.3) is 0 Å². The summed E-state index contributed by atoms with van der Waals surface area (Å²) in [6.07, 6.45) is 0.731. The summed E-state index contributed by atoms with van der Waals surface area (Å²) in [7, 11) is 2.10. The third-order valence-electron chi connectivity index (χ3n) is 3.61. The van der Waals surface area contributed by atoms with Gasteiger partial charge < -0.3 is 10.2 Å². The molecule has 0 bridgehead atoms. The first-order chi connectivity index (χ1) is 9.63. The van der Waals surface area contributed by atoms with E-state index in [4.69, 9.17) is 0 Å². The standard InChI is InChI=1S/C15H22FN3O/c1-18-8-10-19(11-9-18)12-15(20)17-7-6-13-2-4-14(16)5-3-13/h2-5H,6-12H2,1H3,(H,17,20). The van der Waals surface area contributed by atoms with E-state index in [1.165, 1.54) is 12.1 Å². The number of benzene rings is 1. The van der Waals surface area contributed by atoms with E-state index < -0.39 is 0 Å². The number of hydrogen-bond acceptors (Lipinski definition) is 3. The van der Waals surface area contributed by atoms with Crippen molar-refractivity contribution in [1.82, 2.24) is 15.1 Å². The summed E-state index contributed by atoms with van der Waals surface area (Å²) in [6.45, 7) is 4.99. The molecule has 1 aliphatic rings. The van der Waals surface area contributed by atoms with E-state index in [0.29, 0.717) is 13.1 Å². The van der Waals surface area contributed by atoms with Crippen molar-refractivity contribution in [2.45, 2.75) is 6.42 Å². The Morgan fingerprint density at radius 1 is 1.20 bits per heavy atom. The summed E-state index contributed by atoms with van der Waals surface area (Å²) in [5, 5.41) is 2.92. The van der Waals surface area contributed by atoms with Crippen LogP contribution in [-0.4, -0.2) is 62.0 Å². The molecule has 1 amide bonds. The summed E-state index contributed by atoms with van der Waals surface area (Å²) in [5.41, 5.74) is 1.03. The molecule has 1 aliphatic heterocycles. The predicted molar refractivity (Wildman–Crippen MR) is 77.1 cm³/mol. The van der Waals surface area contributed by atoms with Gasteiger partial charge in [-0.05, 0) is 31.2 Å². The average Bonchev–Trinajstić information content (AvgIpc) is 2.44. The van der Waals surface area contributed by atoms with Gasteiger partial charge in [-0.2, -0.15) is 0 Å². The summed E-state index contributed by atoms with van der Waals surface area (Å²) >= 11 is 0. The Labute approximate surface area is 119 Å². The van der Waals surface area contributed by atoms with Gasteiger partial charge >= 0.3 is 0 Å². The Morgan fingerprint density at radius 3 is 2.50 bits per heavy atom. The zero-order valence-electron chi connectivity index (χ0n) is 11.9. The normalized spacial score (nSPS) is 17.1. The van der Waals surface area contributed by atoms with Crippen LogP contribution in [-0.2, 0) is 11.2 Å². The number of nitrogens with zero attached hydrogens (tertiary/aromatic N) is 2. The maximum atomic E-state index is 12.7. The minimum Gasteiger partial charge on any atom is -0.355 e. The predicted octanol–water partition coefficient (Wildman–Crippen LogP) is 0.732. The molecule has 0 atom stereocenters. The lowest BCUT2D eigenvalue weighted by Crippen LogP contribution is -2.48. The third-order valence-corrected chi connectivity index (χ3v) is 3.61. The van der Waals surface area contributed by atoms with Crippen LogP contribution in [0, 0.1) is 5.82 Å². The Bertz CT molecular complexity index is 427. The SMILES string of the molecule is CN1CCN(CC(=O)NCCc2ccc(F)cc2)CC1. The van der Waals surface area contributed by atoms with Crippen LogP contribution in [0.1, 0.15) is 5.56 Å². The van der Waals surface area contributed by atoms with Gasteiger partial charge in [0.1, 0.15) is 5.82 Å². The fourth-order valence-electron chi connectivity index (χ4n) is 2.26. The monoisotopic (exact) mass is 279 g/mol. The van der Waals surface area contributed by atoms with Gasteiger partial charge in [-0.3, -0.25) is 9.69 Å². The first-order valence-corrected chi connectivity index (χ1v) is 7.05. The van der Waals surface area contributed by atoms with Crippen molar-refractivity contribution in [2.75, 3.05) is 46.3 Å². The molecule has 1 aromatic rings. The number of amides is 1. The smallest absolute Gasteiger partial charge is 0.234 e. The zero-order chi connectivity index (χ0) is 14.4. The van der Waals surface area contributed by atoms with Crippen molar-refractivity contribution in [3.05, 3.63) is 35.6 Å². The van der Waals surface area contributed by atoms with Gasteiger partial charge in [0.2, 0.25) is 5.91 Å². The Hall–Kier alpha value is -1.46. The highest BCUT2D eigenvalue weighted by molar-refractivity contribution is 5.78. The number of rotatable bonds is 5. The van der Waals surface area contributed by atoms with Crippen molar-refractivity contribution in [2.24, 2.45) is 0 Å². The number of likely N-dealkylation sites (N-methyl/N-ethyl adjacent to an activating group) is 1. The lowest BCUT2D eigenvalue weighted by molar-refractivity contribution is -0.122. The third kappa shape index (κ3) is 4.90. The molecule has 0 spiro atoms. The zero-order valence-corrected chi connectivity index (χ0v) is 11.9. The topological polar surface area (TPSA) is 35.6 Å². The van der Waals surface area contributed by atoms with Gasteiger partial charge in [0.05, 0.1) is 6.54 Å². The highest BCUT2D eigenvalue weighted by atomic mass is 19.1. The van der Waals surface area contributed by atoms with Crippen molar-refractivity contribution < 1.29 is 9.18 Å². The van der Waals surface area contributed by atoms with E-state index in [9.17, 15) is 9.18 Å². The first-order valence-electron chi connectivity index (χ1n) is 7.05. The second kappa shape index (κ2) is 7.36. The van der Waals surface area contributed by atoms with Gasteiger partial charge in [0, 0.05) is 32.7 Å². The van der Waals surface area contributed by atoms with Crippen LogP contribution in [0.2, 0.25) is 0 Å². The quantitative estimate of drug-likeness (QED) is 0.863. The highest BCUT2D eigenvalue weighted by Gasteiger charge is 2.15. The van der Waals surface area contributed by atoms with Gasteiger partial charge in [-0.1, -0.05) is 12.1 Å². The molecule has 1 fully saturated rings. The summed E-state index contributed by atoms with van der Waals surface area (Å²) in [6, 6.07) is 6.40. The molecular formula is C15H22FN3O. The van der Waals surface area contributed by atoms with Gasteiger partial charge in [-0.25, -0.2) is 4.39 Å². The fourth-order valence-corrected chi connectivity index (χ4v) is 2.26. The second-order valence-corrected chi connectivity index (χ2v) is 5.31. The minimum absolute atomic E-state index is 0.0664. The molecular weight excluding hydrogens is 257 g/mol. The van der Waals surface area contributed by atoms with E-state index in [1.54, 1.807) is 12.1 Å². The van der Waals surface area contributed by atoms with Crippen LogP contribution in [0.15, 0.2) is 24.3 Å². The van der Waals surface area contributed by atoms with Gasteiger partial charge in [0.15, 0.2) is 0 Å². The van der Waals surface area contributed by atoms with Crippen molar-refractivity contribution in [3.63, 3.8) is 0 Å². The lowest BCUT2D eigenvalue weighted by atomic mass is 10.1. The molecule has 2 rings (SSSR count). The molecule has 0 saturated carbocycles. The van der Waals surface area contributed by atoms with Crippen LogP contribution < -0.4 is 5.32 Å². The Kier molecular flexibility index (Phi) is 5.49. The number of carbonyl (C=O) groups is 1. The largest absolute Gasteiger partial charge is 0.355 e. The molecule has 1 heterocycles. The first kappa shape index (κ1) is 14.9. The maximum absolute atomic E-state index is 12.7. The highest BCUT2D eigenvalue weighted by Crippen LogP contribution is 2.03. The van der Waals surface area contributed by atoms with E-state index in [0.717, 1.165) is 38.2 Å². The summed E-state index contributed by atoms with van der Waals surface area (Å²) < 4.78 is 12.7. The number of hydrogen-bond donors (Lipinski definition) is 1.